The zero-order valence-electron chi connectivity index (χ0n) is 13.9. The van der Waals surface area contributed by atoms with Gasteiger partial charge in [0, 0.05) is 36.3 Å². The molecule has 25 heavy (non-hydrogen) atoms. The van der Waals surface area contributed by atoms with E-state index in [1.807, 2.05) is 30.5 Å². The summed E-state index contributed by atoms with van der Waals surface area (Å²) in [6, 6.07) is 7.93. The van der Waals surface area contributed by atoms with Gasteiger partial charge < -0.3 is 26.1 Å². The molecule has 7 nitrogen and oxygen atoms in total. The highest BCUT2D eigenvalue weighted by Crippen LogP contribution is 2.33. The van der Waals surface area contributed by atoms with Crippen LogP contribution in [0.3, 0.4) is 0 Å². The molecule has 4 rings (SSSR count). The zero-order chi connectivity index (χ0) is 17.3. The van der Waals surface area contributed by atoms with Crippen LogP contribution in [0.2, 0.25) is 0 Å². The Bertz CT molecular complexity index is 820. The number of hydrogen-bond donors (Lipinski definition) is 3. The SMILES string of the molecule is NC1=NC=CC(N)(c2ccccc2-c2nccn2C2CCCCO2)N1. The Labute approximate surface area is 146 Å². The van der Waals surface area contributed by atoms with Crippen LogP contribution in [0.4, 0.5) is 0 Å². The van der Waals surface area contributed by atoms with Crippen LogP contribution in [0.5, 0.6) is 0 Å². The minimum absolute atomic E-state index is 0.00881. The lowest BCUT2D eigenvalue weighted by Gasteiger charge is -2.32. The Morgan fingerprint density at radius 2 is 2.16 bits per heavy atom. The molecule has 5 N–H and O–H groups in total. The highest BCUT2D eigenvalue weighted by molar-refractivity contribution is 5.81. The number of nitrogens with zero attached hydrogens (tertiary/aromatic N) is 3. The molecule has 0 spiro atoms. The van der Waals surface area contributed by atoms with Crippen LogP contribution in [0.15, 0.2) is 53.9 Å². The van der Waals surface area contributed by atoms with E-state index in [9.17, 15) is 0 Å². The van der Waals surface area contributed by atoms with Gasteiger partial charge in [0.1, 0.15) is 17.7 Å². The summed E-state index contributed by atoms with van der Waals surface area (Å²) in [5.41, 5.74) is 13.3. The van der Waals surface area contributed by atoms with Crippen molar-refractivity contribution >= 4 is 5.96 Å². The Morgan fingerprint density at radius 1 is 1.28 bits per heavy atom. The maximum Gasteiger partial charge on any atom is 0.195 e. The predicted molar refractivity (Wildman–Crippen MR) is 96.3 cm³/mol. The number of aromatic nitrogens is 2. The van der Waals surface area contributed by atoms with Gasteiger partial charge in [0.05, 0.1) is 0 Å². The first-order valence-electron chi connectivity index (χ1n) is 8.50. The molecule has 7 heteroatoms. The molecule has 0 radical (unpaired) electrons. The van der Waals surface area contributed by atoms with Crippen molar-refractivity contribution < 1.29 is 4.74 Å². The van der Waals surface area contributed by atoms with Crippen molar-refractivity contribution in [3.63, 3.8) is 0 Å². The molecule has 130 valence electrons. The van der Waals surface area contributed by atoms with Crippen LogP contribution in [0.1, 0.15) is 31.1 Å². The summed E-state index contributed by atoms with van der Waals surface area (Å²) in [6.45, 7) is 0.780. The Hall–Kier alpha value is -2.64. The van der Waals surface area contributed by atoms with Crippen LogP contribution in [-0.4, -0.2) is 22.1 Å². The van der Waals surface area contributed by atoms with Gasteiger partial charge in [0.15, 0.2) is 5.96 Å². The van der Waals surface area contributed by atoms with E-state index in [1.165, 1.54) is 0 Å². The number of ether oxygens (including phenoxy) is 1. The van der Waals surface area contributed by atoms with Gasteiger partial charge in [-0.25, -0.2) is 9.98 Å². The number of guanidine groups is 1. The molecule has 3 heterocycles. The minimum Gasteiger partial charge on any atom is -0.370 e. The topological polar surface area (TPSA) is 103 Å². The monoisotopic (exact) mass is 338 g/mol. The fourth-order valence-corrected chi connectivity index (χ4v) is 3.41. The smallest absolute Gasteiger partial charge is 0.195 e. The van der Waals surface area contributed by atoms with E-state index in [0.29, 0.717) is 5.96 Å². The first-order valence-corrected chi connectivity index (χ1v) is 8.50. The third kappa shape index (κ3) is 2.92. The van der Waals surface area contributed by atoms with Crippen LogP contribution in [0, 0.1) is 0 Å². The fraction of sp³-hybridized carbons (Fsp3) is 0.333. The molecule has 2 unspecified atom stereocenters. The van der Waals surface area contributed by atoms with Crippen molar-refractivity contribution in [3.05, 3.63) is 54.5 Å². The molecule has 0 aliphatic carbocycles. The van der Waals surface area contributed by atoms with E-state index in [4.69, 9.17) is 16.2 Å². The maximum absolute atomic E-state index is 6.58. The van der Waals surface area contributed by atoms with Gasteiger partial charge in [-0.1, -0.05) is 24.3 Å². The third-order valence-corrected chi connectivity index (χ3v) is 4.63. The first-order chi connectivity index (χ1) is 12.2. The van der Waals surface area contributed by atoms with E-state index >= 15 is 0 Å². The molecule has 2 atom stereocenters. The first kappa shape index (κ1) is 15.9. The highest BCUT2D eigenvalue weighted by atomic mass is 16.5. The Kier molecular flexibility index (Phi) is 4.03. The van der Waals surface area contributed by atoms with Crippen molar-refractivity contribution in [2.24, 2.45) is 16.5 Å². The lowest BCUT2D eigenvalue weighted by molar-refractivity contribution is -0.0309. The molecule has 1 saturated heterocycles. The molecule has 1 aromatic heterocycles. The number of hydrogen-bond acceptors (Lipinski definition) is 6. The maximum atomic E-state index is 6.58. The Morgan fingerprint density at radius 3 is 2.96 bits per heavy atom. The summed E-state index contributed by atoms with van der Waals surface area (Å²) in [6.07, 6.45) is 10.4. The molecule has 1 fully saturated rings. The number of nitrogens with one attached hydrogen (secondary N) is 1. The summed E-state index contributed by atoms with van der Waals surface area (Å²) < 4.78 is 8.02. The third-order valence-electron chi connectivity index (χ3n) is 4.63. The van der Waals surface area contributed by atoms with Gasteiger partial charge in [-0.2, -0.15) is 0 Å². The molecule has 2 aliphatic heterocycles. The quantitative estimate of drug-likeness (QED) is 0.791. The van der Waals surface area contributed by atoms with E-state index in [0.717, 1.165) is 42.8 Å². The van der Waals surface area contributed by atoms with Crippen LogP contribution >= 0.6 is 0 Å². The summed E-state index contributed by atoms with van der Waals surface area (Å²) in [7, 11) is 0. The molecule has 1 aromatic carbocycles. The lowest BCUT2D eigenvalue weighted by atomic mass is 9.93. The molecule has 2 aliphatic rings. The van der Waals surface area contributed by atoms with Gasteiger partial charge in [-0.05, 0) is 25.3 Å². The summed E-state index contributed by atoms with van der Waals surface area (Å²) in [4.78, 5) is 8.60. The van der Waals surface area contributed by atoms with E-state index in [1.54, 1.807) is 18.5 Å². The van der Waals surface area contributed by atoms with Crippen molar-refractivity contribution in [1.82, 2.24) is 14.9 Å². The number of benzene rings is 1. The second kappa shape index (κ2) is 6.34. The number of aliphatic imine (C=N–C) groups is 1. The van der Waals surface area contributed by atoms with Gasteiger partial charge in [0.2, 0.25) is 0 Å². The van der Waals surface area contributed by atoms with Crippen molar-refractivity contribution in [2.75, 3.05) is 6.61 Å². The average molecular weight is 338 g/mol. The second-order valence-electron chi connectivity index (χ2n) is 6.35. The highest BCUT2D eigenvalue weighted by Gasteiger charge is 2.31. The number of imidazole rings is 1. The Balaban J connectivity index is 1.77. The van der Waals surface area contributed by atoms with Gasteiger partial charge >= 0.3 is 0 Å². The molecule has 0 amide bonds. The fourth-order valence-electron chi connectivity index (χ4n) is 3.41. The lowest BCUT2D eigenvalue weighted by Crippen LogP contribution is -2.55. The summed E-state index contributed by atoms with van der Waals surface area (Å²) in [5.74, 6) is 1.13. The molecular formula is C18H22N6O. The van der Waals surface area contributed by atoms with Crippen molar-refractivity contribution in [2.45, 2.75) is 31.2 Å². The molecule has 2 aromatic rings. The number of nitrogens with two attached hydrogens (primary N) is 2. The molecule has 0 bridgehead atoms. The minimum atomic E-state index is -0.938. The number of rotatable bonds is 3. The zero-order valence-corrected chi connectivity index (χ0v) is 13.9. The molecule has 0 saturated carbocycles. The summed E-state index contributed by atoms with van der Waals surface area (Å²) in [5, 5.41) is 3.06. The van der Waals surface area contributed by atoms with E-state index < -0.39 is 5.66 Å². The van der Waals surface area contributed by atoms with Gasteiger partial charge in [0.25, 0.3) is 0 Å². The van der Waals surface area contributed by atoms with E-state index in [-0.39, 0.29) is 6.23 Å². The van der Waals surface area contributed by atoms with Crippen LogP contribution in [-0.2, 0) is 10.4 Å². The van der Waals surface area contributed by atoms with Crippen molar-refractivity contribution in [3.8, 4) is 11.4 Å². The summed E-state index contributed by atoms with van der Waals surface area (Å²) >= 11 is 0. The van der Waals surface area contributed by atoms with Crippen LogP contribution < -0.4 is 16.8 Å². The molecular weight excluding hydrogens is 316 g/mol. The average Bonchev–Trinajstić information content (AvgIpc) is 3.12. The van der Waals surface area contributed by atoms with Crippen LogP contribution in [0.25, 0.3) is 11.4 Å². The normalized spacial score (nSPS) is 26.1. The van der Waals surface area contributed by atoms with Gasteiger partial charge in [-0.15, -0.1) is 0 Å². The predicted octanol–water partition coefficient (Wildman–Crippen LogP) is 1.79. The van der Waals surface area contributed by atoms with Crippen molar-refractivity contribution in [1.29, 1.82) is 0 Å². The van der Waals surface area contributed by atoms with Gasteiger partial charge in [-0.3, -0.25) is 0 Å². The standard InChI is InChI=1S/C18H22N6O/c19-17-22-9-8-18(20,23-17)14-6-2-1-5-13(14)16-21-10-11-24(16)15-7-3-4-12-25-15/h1-2,5-6,8-11,15H,3-4,7,12,20H2,(H3,19,22,23). The largest absolute Gasteiger partial charge is 0.370 e. The van der Waals surface area contributed by atoms with E-state index in [2.05, 4.69) is 19.9 Å². The second-order valence-corrected chi connectivity index (χ2v) is 6.35.